The van der Waals surface area contributed by atoms with E-state index in [0.29, 0.717) is 0 Å². The van der Waals surface area contributed by atoms with Gasteiger partial charge in [-0.2, -0.15) is 8.42 Å². The minimum absolute atomic E-state index is 0.0457. The van der Waals surface area contributed by atoms with E-state index in [0.717, 1.165) is 0 Å². The molecular formula is C5H4N4O3S. The van der Waals surface area contributed by atoms with Gasteiger partial charge < -0.3 is 5.73 Å². The van der Waals surface area contributed by atoms with Gasteiger partial charge in [0, 0.05) is 0 Å². The summed E-state index contributed by atoms with van der Waals surface area (Å²) in [6, 6.07) is 2.46. The van der Waals surface area contributed by atoms with Crippen molar-refractivity contribution < 1.29 is 13.2 Å². The molecule has 0 aromatic carbocycles. The van der Waals surface area contributed by atoms with Gasteiger partial charge in [-0.15, -0.1) is 14.6 Å². The quantitative estimate of drug-likeness (QED) is 0.675. The molecule has 1 aromatic heterocycles. The maximum Gasteiger partial charge on any atom is 0.317 e. The zero-order chi connectivity index (χ0) is 9.84. The Hall–Kier alpha value is -1.83. The summed E-state index contributed by atoms with van der Waals surface area (Å²) in [5.74, 6) is -0.833. The number of nitrogens with zero attached hydrogens (tertiary/aromatic N) is 3. The summed E-state index contributed by atoms with van der Waals surface area (Å²) < 4.78 is 23.2. The molecule has 1 rings (SSSR count). The third-order valence-corrected chi connectivity index (χ3v) is 1.41. The fourth-order valence-corrected chi connectivity index (χ4v) is 0.832. The normalized spacial score (nSPS) is 9.23. The molecule has 1 heterocycles. The Morgan fingerprint density at radius 2 is 2.08 bits per heavy atom. The van der Waals surface area contributed by atoms with Crippen LogP contribution in [0.15, 0.2) is 16.5 Å². The molecule has 0 saturated heterocycles. The minimum Gasteiger partial charge on any atom is -0.364 e. The second kappa shape index (κ2) is 3.72. The highest BCUT2D eigenvalue weighted by atomic mass is 32.2. The van der Waals surface area contributed by atoms with Crippen LogP contribution in [-0.4, -0.2) is 24.5 Å². The summed E-state index contributed by atoms with van der Waals surface area (Å²) >= 11 is 0. The molecule has 1 amide bonds. The number of amides is 1. The van der Waals surface area contributed by atoms with Crippen LogP contribution in [0.3, 0.4) is 0 Å². The van der Waals surface area contributed by atoms with E-state index >= 15 is 0 Å². The van der Waals surface area contributed by atoms with Gasteiger partial charge in [-0.25, -0.2) is 0 Å². The second-order valence-electron chi connectivity index (χ2n) is 1.95. The number of rotatable bonds is 2. The SMILES string of the molecule is NC(=O)c1ccc(N=S(=O)=O)nn1. The molecule has 0 aliphatic heterocycles. The van der Waals surface area contributed by atoms with E-state index in [9.17, 15) is 13.2 Å². The van der Waals surface area contributed by atoms with Crippen LogP contribution in [0.25, 0.3) is 0 Å². The molecule has 1 aromatic rings. The van der Waals surface area contributed by atoms with Crippen LogP contribution in [0.5, 0.6) is 0 Å². The van der Waals surface area contributed by atoms with Crippen LogP contribution in [0.4, 0.5) is 5.82 Å². The maximum atomic E-state index is 10.5. The first kappa shape index (κ1) is 9.26. The molecule has 0 bridgehead atoms. The van der Waals surface area contributed by atoms with E-state index in [-0.39, 0.29) is 11.5 Å². The highest BCUT2D eigenvalue weighted by Gasteiger charge is 2.01. The van der Waals surface area contributed by atoms with Crippen molar-refractivity contribution in [1.29, 1.82) is 0 Å². The van der Waals surface area contributed by atoms with Crippen molar-refractivity contribution in [2.45, 2.75) is 0 Å². The zero-order valence-corrected chi connectivity index (χ0v) is 7.02. The molecular weight excluding hydrogens is 196 g/mol. The summed E-state index contributed by atoms with van der Waals surface area (Å²) in [6.45, 7) is 0. The van der Waals surface area contributed by atoms with Crippen LogP contribution in [0.1, 0.15) is 10.5 Å². The Morgan fingerprint density at radius 1 is 1.38 bits per heavy atom. The van der Waals surface area contributed by atoms with Gasteiger partial charge in [0.25, 0.3) is 5.91 Å². The largest absolute Gasteiger partial charge is 0.364 e. The average molecular weight is 200 g/mol. The summed E-state index contributed by atoms with van der Waals surface area (Å²) in [4.78, 5) is 10.5. The van der Waals surface area contributed by atoms with Crippen molar-refractivity contribution in [3.63, 3.8) is 0 Å². The average Bonchev–Trinajstić information content (AvgIpc) is 2.04. The first-order chi connectivity index (χ1) is 6.09. The van der Waals surface area contributed by atoms with Crippen LogP contribution >= 0.6 is 0 Å². The third kappa shape index (κ3) is 2.60. The summed E-state index contributed by atoms with van der Waals surface area (Å²) in [5.41, 5.74) is 4.83. The Kier molecular flexibility index (Phi) is 2.65. The van der Waals surface area contributed by atoms with Crippen molar-refractivity contribution in [2.24, 2.45) is 10.1 Å². The molecule has 13 heavy (non-hydrogen) atoms. The Balaban J connectivity index is 3.07. The molecule has 0 atom stereocenters. The number of primary amides is 1. The van der Waals surface area contributed by atoms with Crippen molar-refractivity contribution in [3.8, 4) is 0 Å². The lowest BCUT2D eigenvalue weighted by atomic mass is 10.4. The summed E-state index contributed by atoms with van der Waals surface area (Å²) in [5, 5.41) is 6.67. The smallest absolute Gasteiger partial charge is 0.317 e. The Labute approximate surface area is 74.3 Å². The summed E-state index contributed by atoms with van der Waals surface area (Å²) in [7, 11) is -2.58. The van der Waals surface area contributed by atoms with Gasteiger partial charge in [0.1, 0.15) is 0 Å². The van der Waals surface area contributed by atoms with Crippen molar-refractivity contribution in [2.75, 3.05) is 0 Å². The monoisotopic (exact) mass is 200 g/mol. The predicted octanol–water partition coefficient (Wildman–Crippen LogP) is -0.730. The van der Waals surface area contributed by atoms with E-state index in [4.69, 9.17) is 5.73 Å². The lowest BCUT2D eigenvalue weighted by Gasteiger charge is -1.91. The topological polar surface area (TPSA) is 115 Å². The number of hydrogen-bond donors (Lipinski definition) is 1. The number of hydrogen-bond acceptors (Lipinski definition) is 6. The molecule has 2 N–H and O–H groups in total. The Morgan fingerprint density at radius 3 is 2.46 bits per heavy atom. The van der Waals surface area contributed by atoms with E-state index < -0.39 is 16.4 Å². The lowest BCUT2D eigenvalue weighted by Crippen LogP contribution is -2.13. The van der Waals surface area contributed by atoms with Gasteiger partial charge in [0.05, 0.1) is 0 Å². The first-order valence-electron chi connectivity index (χ1n) is 3.04. The van der Waals surface area contributed by atoms with Gasteiger partial charge in [-0.3, -0.25) is 4.79 Å². The molecule has 0 spiro atoms. The number of nitrogens with two attached hydrogens (primary N) is 1. The van der Waals surface area contributed by atoms with Gasteiger partial charge >= 0.3 is 10.5 Å². The second-order valence-corrected chi connectivity index (χ2v) is 2.57. The lowest BCUT2D eigenvalue weighted by molar-refractivity contribution is 0.0994. The van der Waals surface area contributed by atoms with Crippen LogP contribution in [0.2, 0.25) is 0 Å². The van der Waals surface area contributed by atoms with E-state index in [2.05, 4.69) is 14.6 Å². The molecule has 0 fully saturated rings. The number of carbonyl (C=O) groups excluding carboxylic acids is 1. The van der Waals surface area contributed by atoms with Gasteiger partial charge in [-0.05, 0) is 12.1 Å². The van der Waals surface area contributed by atoms with E-state index in [1.54, 1.807) is 0 Å². The van der Waals surface area contributed by atoms with Crippen molar-refractivity contribution >= 4 is 22.2 Å². The molecule has 8 heteroatoms. The van der Waals surface area contributed by atoms with Crippen LogP contribution in [0, 0.1) is 0 Å². The fourth-order valence-electron chi connectivity index (χ4n) is 0.582. The minimum atomic E-state index is -2.58. The molecule has 0 aliphatic carbocycles. The highest BCUT2D eigenvalue weighted by Crippen LogP contribution is 2.04. The number of carbonyl (C=O) groups is 1. The predicted molar refractivity (Wildman–Crippen MR) is 41.6 cm³/mol. The van der Waals surface area contributed by atoms with Crippen LogP contribution in [-0.2, 0) is 10.5 Å². The Bertz CT molecular complexity index is 441. The van der Waals surface area contributed by atoms with E-state index in [1.807, 2.05) is 0 Å². The van der Waals surface area contributed by atoms with Crippen molar-refractivity contribution in [3.05, 3.63) is 17.8 Å². The molecule has 0 aliphatic rings. The maximum absolute atomic E-state index is 10.5. The van der Waals surface area contributed by atoms with Gasteiger partial charge in [-0.1, -0.05) is 0 Å². The molecule has 0 saturated carbocycles. The van der Waals surface area contributed by atoms with Gasteiger partial charge in [0.2, 0.25) is 0 Å². The zero-order valence-electron chi connectivity index (χ0n) is 6.21. The highest BCUT2D eigenvalue weighted by molar-refractivity contribution is 7.61. The first-order valence-corrected chi connectivity index (χ1v) is 4.07. The van der Waals surface area contributed by atoms with E-state index in [1.165, 1.54) is 12.1 Å². The number of aromatic nitrogens is 2. The molecule has 7 nitrogen and oxygen atoms in total. The van der Waals surface area contributed by atoms with Gasteiger partial charge in [0.15, 0.2) is 11.5 Å². The molecule has 0 unspecified atom stereocenters. The van der Waals surface area contributed by atoms with Crippen LogP contribution < -0.4 is 5.73 Å². The third-order valence-electron chi connectivity index (χ3n) is 1.07. The molecule has 0 radical (unpaired) electrons. The standard InChI is InChI=1S/C5H4N4O3S/c6-5(10)3-1-2-4(8-7-3)9-13(11)12/h1-2H,(H2,6,10). The fraction of sp³-hybridized carbons (Fsp3) is 0. The molecule has 68 valence electrons. The summed E-state index contributed by atoms with van der Waals surface area (Å²) in [6.07, 6.45) is 0. The van der Waals surface area contributed by atoms with Crippen molar-refractivity contribution in [1.82, 2.24) is 10.2 Å².